The molecule has 0 aliphatic carbocycles. The van der Waals surface area contributed by atoms with Crippen molar-refractivity contribution < 1.29 is 0 Å². The lowest BCUT2D eigenvalue weighted by Crippen LogP contribution is -2.26. The van der Waals surface area contributed by atoms with E-state index in [0.29, 0.717) is 12.0 Å². The molecule has 4 heteroatoms. The third-order valence-electron chi connectivity index (χ3n) is 3.10. The Hall–Kier alpha value is -1.32. The highest BCUT2D eigenvalue weighted by Crippen LogP contribution is 2.22. The monoisotopic (exact) mass is 236 g/mol. The first kappa shape index (κ1) is 13.7. The number of nitrogens with one attached hydrogen (secondary N) is 2. The lowest BCUT2D eigenvalue weighted by Gasteiger charge is -2.23. The van der Waals surface area contributed by atoms with Crippen molar-refractivity contribution in [1.82, 2.24) is 9.97 Å². The molecule has 0 amide bonds. The summed E-state index contributed by atoms with van der Waals surface area (Å²) < 4.78 is 0. The first-order chi connectivity index (χ1) is 8.13. The molecule has 17 heavy (non-hydrogen) atoms. The number of anilines is 2. The van der Waals surface area contributed by atoms with Gasteiger partial charge in [-0.2, -0.15) is 0 Å². The normalized spacial score (nSPS) is 12.6. The Morgan fingerprint density at radius 1 is 1.18 bits per heavy atom. The molecular formula is C13H24N4. The van der Waals surface area contributed by atoms with Gasteiger partial charge in [0.1, 0.15) is 18.0 Å². The fraction of sp³-hybridized carbons (Fsp3) is 0.692. The van der Waals surface area contributed by atoms with Crippen molar-refractivity contribution in [2.45, 2.75) is 46.6 Å². The SMILES string of the molecule is CCc1c(NC)ncnc1NC(CC)C(C)C. The fourth-order valence-corrected chi connectivity index (χ4v) is 2.00. The Kier molecular flexibility index (Phi) is 5.19. The summed E-state index contributed by atoms with van der Waals surface area (Å²) in [6.45, 7) is 8.78. The Morgan fingerprint density at radius 3 is 2.29 bits per heavy atom. The van der Waals surface area contributed by atoms with Crippen molar-refractivity contribution in [1.29, 1.82) is 0 Å². The van der Waals surface area contributed by atoms with Crippen LogP contribution in [0.25, 0.3) is 0 Å². The smallest absolute Gasteiger partial charge is 0.134 e. The largest absolute Gasteiger partial charge is 0.373 e. The molecular weight excluding hydrogens is 212 g/mol. The van der Waals surface area contributed by atoms with Gasteiger partial charge < -0.3 is 10.6 Å². The van der Waals surface area contributed by atoms with E-state index in [1.165, 1.54) is 0 Å². The lowest BCUT2D eigenvalue weighted by molar-refractivity contribution is 0.509. The molecule has 0 aliphatic rings. The van der Waals surface area contributed by atoms with Gasteiger partial charge in [-0.05, 0) is 18.8 Å². The first-order valence-electron chi connectivity index (χ1n) is 6.42. The zero-order valence-electron chi connectivity index (χ0n) is 11.5. The molecule has 0 radical (unpaired) electrons. The molecule has 0 aliphatic heterocycles. The van der Waals surface area contributed by atoms with E-state index in [9.17, 15) is 0 Å². The molecule has 0 saturated heterocycles. The van der Waals surface area contributed by atoms with E-state index in [1.54, 1.807) is 6.33 Å². The minimum absolute atomic E-state index is 0.458. The van der Waals surface area contributed by atoms with E-state index < -0.39 is 0 Å². The molecule has 4 nitrogen and oxygen atoms in total. The third kappa shape index (κ3) is 3.32. The van der Waals surface area contributed by atoms with Crippen LogP contribution in [0.1, 0.15) is 39.7 Å². The van der Waals surface area contributed by atoms with E-state index in [2.05, 4.69) is 48.3 Å². The van der Waals surface area contributed by atoms with Crippen LogP contribution >= 0.6 is 0 Å². The summed E-state index contributed by atoms with van der Waals surface area (Å²) in [6, 6.07) is 0.458. The quantitative estimate of drug-likeness (QED) is 0.797. The van der Waals surface area contributed by atoms with Gasteiger partial charge in [0, 0.05) is 18.7 Å². The average Bonchev–Trinajstić information content (AvgIpc) is 2.34. The second kappa shape index (κ2) is 6.42. The molecule has 0 aromatic carbocycles. The van der Waals surface area contributed by atoms with Crippen LogP contribution in [-0.4, -0.2) is 23.1 Å². The minimum Gasteiger partial charge on any atom is -0.373 e. The molecule has 1 unspecified atom stereocenters. The summed E-state index contributed by atoms with van der Waals surface area (Å²) in [4.78, 5) is 8.61. The third-order valence-corrected chi connectivity index (χ3v) is 3.10. The molecule has 1 heterocycles. The van der Waals surface area contributed by atoms with E-state index in [-0.39, 0.29) is 0 Å². The van der Waals surface area contributed by atoms with Crippen molar-refractivity contribution >= 4 is 11.6 Å². The number of aromatic nitrogens is 2. The van der Waals surface area contributed by atoms with Crippen molar-refractivity contribution in [2.75, 3.05) is 17.7 Å². The number of hydrogen-bond donors (Lipinski definition) is 2. The molecule has 0 saturated carbocycles. The molecule has 1 rings (SSSR count). The summed E-state index contributed by atoms with van der Waals surface area (Å²) >= 11 is 0. The van der Waals surface area contributed by atoms with Gasteiger partial charge in [0.15, 0.2) is 0 Å². The van der Waals surface area contributed by atoms with Crippen LogP contribution in [0.2, 0.25) is 0 Å². The lowest BCUT2D eigenvalue weighted by atomic mass is 10.0. The van der Waals surface area contributed by atoms with Crippen LogP contribution in [0.15, 0.2) is 6.33 Å². The van der Waals surface area contributed by atoms with Gasteiger partial charge in [-0.1, -0.05) is 27.7 Å². The van der Waals surface area contributed by atoms with Crippen molar-refractivity contribution in [2.24, 2.45) is 5.92 Å². The van der Waals surface area contributed by atoms with Crippen molar-refractivity contribution in [3.63, 3.8) is 0 Å². The van der Waals surface area contributed by atoms with Gasteiger partial charge in [0.05, 0.1) is 0 Å². The van der Waals surface area contributed by atoms with E-state index in [0.717, 1.165) is 30.0 Å². The number of rotatable bonds is 6. The van der Waals surface area contributed by atoms with Crippen molar-refractivity contribution in [3.8, 4) is 0 Å². The summed E-state index contributed by atoms with van der Waals surface area (Å²) in [5.41, 5.74) is 1.16. The van der Waals surface area contributed by atoms with E-state index >= 15 is 0 Å². The maximum Gasteiger partial charge on any atom is 0.134 e. The van der Waals surface area contributed by atoms with Gasteiger partial charge in [0.2, 0.25) is 0 Å². The predicted molar refractivity (Wildman–Crippen MR) is 73.5 cm³/mol. The molecule has 1 aromatic rings. The van der Waals surface area contributed by atoms with E-state index in [4.69, 9.17) is 0 Å². The molecule has 0 bridgehead atoms. The molecule has 2 N–H and O–H groups in total. The number of hydrogen-bond acceptors (Lipinski definition) is 4. The molecule has 0 fully saturated rings. The van der Waals surface area contributed by atoms with Crippen LogP contribution in [0.4, 0.5) is 11.6 Å². The molecule has 0 spiro atoms. The van der Waals surface area contributed by atoms with Crippen molar-refractivity contribution in [3.05, 3.63) is 11.9 Å². The van der Waals surface area contributed by atoms with Gasteiger partial charge in [-0.15, -0.1) is 0 Å². The topological polar surface area (TPSA) is 49.8 Å². The Bertz CT molecular complexity index is 349. The number of nitrogens with zero attached hydrogens (tertiary/aromatic N) is 2. The summed E-state index contributed by atoms with van der Waals surface area (Å²) in [5.74, 6) is 2.48. The maximum atomic E-state index is 4.37. The molecule has 1 aromatic heterocycles. The minimum atomic E-state index is 0.458. The van der Waals surface area contributed by atoms with Crippen LogP contribution in [0.5, 0.6) is 0 Å². The van der Waals surface area contributed by atoms with Gasteiger partial charge in [-0.25, -0.2) is 9.97 Å². The zero-order valence-corrected chi connectivity index (χ0v) is 11.5. The molecule has 1 atom stereocenters. The van der Waals surface area contributed by atoms with Crippen LogP contribution in [-0.2, 0) is 6.42 Å². The highest BCUT2D eigenvalue weighted by atomic mass is 15.1. The Labute approximate surface area is 104 Å². The highest BCUT2D eigenvalue weighted by Gasteiger charge is 2.15. The van der Waals surface area contributed by atoms with Gasteiger partial charge in [0.25, 0.3) is 0 Å². The Morgan fingerprint density at radius 2 is 1.82 bits per heavy atom. The van der Waals surface area contributed by atoms with Gasteiger partial charge >= 0.3 is 0 Å². The Balaban J connectivity index is 2.97. The first-order valence-corrected chi connectivity index (χ1v) is 6.42. The van der Waals surface area contributed by atoms with Crippen LogP contribution in [0.3, 0.4) is 0 Å². The van der Waals surface area contributed by atoms with Crippen LogP contribution < -0.4 is 10.6 Å². The zero-order chi connectivity index (χ0) is 12.8. The molecule has 96 valence electrons. The highest BCUT2D eigenvalue weighted by molar-refractivity contribution is 5.57. The maximum absolute atomic E-state index is 4.37. The second-order valence-electron chi connectivity index (χ2n) is 4.56. The summed E-state index contributed by atoms with van der Waals surface area (Å²) in [7, 11) is 1.89. The standard InChI is InChI=1S/C13H24N4/c1-6-10-12(14-5)15-8-16-13(10)17-11(7-2)9(3)4/h8-9,11H,6-7H2,1-5H3,(H2,14,15,16,17). The summed E-state index contributed by atoms with van der Waals surface area (Å²) in [6.07, 6.45) is 3.63. The van der Waals surface area contributed by atoms with Gasteiger partial charge in [-0.3, -0.25) is 0 Å². The second-order valence-corrected chi connectivity index (χ2v) is 4.56. The fourth-order valence-electron chi connectivity index (χ4n) is 2.00. The van der Waals surface area contributed by atoms with E-state index in [1.807, 2.05) is 7.05 Å². The van der Waals surface area contributed by atoms with Crippen LogP contribution in [0, 0.1) is 5.92 Å². The predicted octanol–water partition coefficient (Wildman–Crippen LogP) is 2.93. The average molecular weight is 236 g/mol. The summed E-state index contributed by atoms with van der Waals surface area (Å²) in [5, 5.41) is 6.65.